The summed E-state index contributed by atoms with van der Waals surface area (Å²) in [6.07, 6.45) is 1.81. The van der Waals surface area contributed by atoms with E-state index in [-0.39, 0.29) is 0 Å². The number of imidazole rings is 1. The van der Waals surface area contributed by atoms with Crippen LogP contribution in [-0.4, -0.2) is 9.55 Å². The summed E-state index contributed by atoms with van der Waals surface area (Å²) >= 11 is 3.39. The normalized spacial score (nSPS) is 10.9. The third-order valence-corrected chi connectivity index (χ3v) is 2.51. The maximum Gasteiger partial charge on any atom is 0.0958 e. The molecule has 2 N–H and O–H groups in total. The molecule has 0 saturated heterocycles. The number of aromatic nitrogens is 2. The van der Waals surface area contributed by atoms with Gasteiger partial charge in [-0.2, -0.15) is 0 Å². The molecule has 0 unspecified atom stereocenters. The fourth-order valence-corrected chi connectivity index (χ4v) is 1.91. The van der Waals surface area contributed by atoms with Gasteiger partial charge in [-0.15, -0.1) is 0 Å². The highest BCUT2D eigenvalue weighted by atomic mass is 79.9. The minimum atomic E-state index is 0.767. The van der Waals surface area contributed by atoms with Crippen molar-refractivity contribution in [3.05, 3.63) is 22.9 Å². The van der Waals surface area contributed by atoms with Crippen LogP contribution in [0.1, 0.15) is 6.92 Å². The highest BCUT2D eigenvalue weighted by Gasteiger charge is 2.05. The molecule has 0 spiro atoms. The Labute approximate surface area is 84.7 Å². The van der Waals surface area contributed by atoms with E-state index in [1.165, 1.54) is 0 Å². The number of halogens is 1. The Balaban J connectivity index is 2.82. The zero-order valence-corrected chi connectivity index (χ0v) is 8.87. The Kier molecular flexibility index (Phi) is 2.00. The first-order valence-electron chi connectivity index (χ1n) is 4.12. The van der Waals surface area contributed by atoms with Crippen molar-refractivity contribution in [1.29, 1.82) is 0 Å². The lowest BCUT2D eigenvalue weighted by Gasteiger charge is -2.02. The average Bonchev–Trinajstić information content (AvgIpc) is 2.47. The van der Waals surface area contributed by atoms with Crippen LogP contribution in [-0.2, 0) is 6.54 Å². The Hall–Kier alpha value is -1.03. The molecular formula is C9H10BrN3. The van der Waals surface area contributed by atoms with Crippen molar-refractivity contribution in [2.45, 2.75) is 13.5 Å². The average molecular weight is 240 g/mol. The molecule has 0 fully saturated rings. The highest BCUT2D eigenvalue weighted by molar-refractivity contribution is 9.10. The molecule has 1 heterocycles. The van der Waals surface area contributed by atoms with Crippen molar-refractivity contribution in [2.75, 3.05) is 5.73 Å². The number of hydrogen-bond donors (Lipinski definition) is 1. The van der Waals surface area contributed by atoms with Gasteiger partial charge in [-0.05, 0) is 19.1 Å². The second-order valence-electron chi connectivity index (χ2n) is 2.89. The molecule has 1 aromatic carbocycles. The fourth-order valence-electron chi connectivity index (χ4n) is 1.45. The van der Waals surface area contributed by atoms with E-state index in [1.54, 1.807) is 0 Å². The maximum absolute atomic E-state index is 5.89. The number of anilines is 1. The van der Waals surface area contributed by atoms with E-state index in [2.05, 4.69) is 27.8 Å². The van der Waals surface area contributed by atoms with Crippen molar-refractivity contribution in [3.8, 4) is 0 Å². The van der Waals surface area contributed by atoms with Crippen molar-refractivity contribution in [3.63, 3.8) is 0 Å². The molecule has 68 valence electrons. The van der Waals surface area contributed by atoms with Crippen molar-refractivity contribution < 1.29 is 0 Å². The third kappa shape index (κ3) is 1.31. The van der Waals surface area contributed by atoms with Gasteiger partial charge in [0.2, 0.25) is 0 Å². The summed E-state index contributed by atoms with van der Waals surface area (Å²) in [7, 11) is 0. The Morgan fingerprint density at radius 3 is 3.00 bits per heavy atom. The monoisotopic (exact) mass is 239 g/mol. The van der Waals surface area contributed by atoms with Crippen LogP contribution >= 0.6 is 15.9 Å². The van der Waals surface area contributed by atoms with Gasteiger partial charge in [-0.1, -0.05) is 15.9 Å². The quantitative estimate of drug-likeness (QED) is 0.778. The van der Waals surface area contributed by atoms with Crippen LogP contribution in [0.3, 0.4) is 0 Å². The molecule has 0 aliphatic heterocycles. The van der Waals surface area contributed by atoms with E-state index < -0.39 is 0 Å². The number of hydrogen-bond acceptors (Lipinski definition) is 2. The molecule has 2 rings (SSSR count). The van der Waals surface area contributed by atoms with Crippen LogP contribution in [0.5, 0.6) is 0 Å². The summed E-state index contributed by atoms with van der Waals surface area (Å²) in [6.45, 7) is 2.96. The van der Waals surface area contributed by atoms with Gasteiger partial charge >= 0.3 is 0 Å². The predicted molar refractivity (Wildman–Crippen MR) is 57.5 cm³/mol. The summed E-state index contributed by atoms with van der Waals surface area (Å²) in [5, 5.41) is 0. The summed E-state index contributed by atoms with van der Waals surface area (Å²) in [6, 6.07) is 3.87. The molecule has 0 bridgehead atoms. The van der Waals surface area contributed by atoms with E-state index in [0.717, 1.165) is 27.7 Å². The number of fused-ring (bicyclic) bond motifs is 1. The van der Waals surface area contributed by atoms with Crippen molar-refractivity contribution >= 4 is 32.7 Å². The maximum atomic E-state index is 5.89. The topological polar surface area (TPSA) is 43.8 Å². The molecule has 3 nitrogen and oxygen atoms in total. The number of nitrogen functional groups attached to an aromatic ring is 1. The number of nitrogens with two attached hydrogens (primary N) is 1. The SMILES string of the molecule is CCn1cnc2cc(Br)cc(N)c21. The number of nitrogens with zero attached hydrogens (tertiary/aromatic N) is 2. The fraction of sp³-hybridized carbons (Fsp3) is 0.222. The van der Waals surface area contributed by atoms with E-state index in [9.17, 15) is 0 Å². The van der Waals surface area contributed by atoms with Crippen LogP contribution in [0.25, 0.3) is 11.0 Å². The lowest BCUT2D eigenvalue weighted by Crippen LogP contribution is -1.95. The van der Waals surface area contributed by atoms with E-state index in [4.69, 9.17) is 5.73 Å². The smallest absolute Gasteiger partial charge is 0.0958 e. The van der Waals surface area contributed by atoms with Crippen molar-refractivity contribution in [2.24, 2.45) is 0 Å². The first-order chi connectivity index (χ1) is 6.22. The summed E-state index contributed by atoms with van der Waals surface area (Å²) in [5.74, 6) is 0. The van der Waals surface area contributed by atoms with Gasteiger partial charge in [0.05, 0.1) is 23.0 Å². The molecule has 0 atom stereocenters. The summed E-state index contributed by atoms with van der Waals surface area (Å²) in [5.41, 5.74) is 8.61. The lowest BCUT2D eigenvalue weighted by atomic mass is 10.3. The first kappa shape index (κ1) is 8.56. The molecule has 0 aliphatic rings. The Bertz CT molecular complexity index is 447. The standard InChI is InChI=1S/C9H10BrN3/c1-2-13-5-12-8-4-6(10)3-7(11)9(8)13/h3-5H,2,11H2,1H3. The molecule has 13 heavy (non-hydrogen) atoms. The molecule has 0 radical (unpaired) electrons. The van der Waals surface area contributed by atoms with Crippen LogP contribution in [0, 0.1) is 0 Å². The van der Waals surface area contributed by atoms with Crippen LogP contribution in [0.4, 0.5) is 5.69 Å². The zero-order chi connectivity index (χ0) is 9.42. The highest BCUT2D eigenvalue weighted by Crippen LogP contribution is 2.25. The van der Waals surface area contributed by atoms with Gasteiger partial charge in [0.25, 0.3) is 0 Å². The van der Waals surface area contributed by atoms with Gasteiger partial charge in [-0.3, -0.25) is 0 Å². The molecule has 2 aromatic rings. The molecule has 1 aromatic heterocycles. The Morgan fingerprint density at radius 1 is 1.54 bits per heavy atom. The molecule has 4 heteroatoms. The van der Waals surface area contributed by atoms with Gasteiger partial charge in [0, 0.05) is 11.0 Å². The molecule has 0 amide bonds. The van der Waals surface area contributed by atoms with E-state index in [0.29, 0.717) is 0 Å². The minimum absolute atomic E-state index is 0.767. The van der Waals surface area contributed by atoms with E-state index in [1.807, 2.05) is 23.0 Å². The summed E-state index contributed by atoms with van der Waals surface area (Å²) in [4.78, 5) is 4.26. The Morgan fingerprint density at radius 2 is 2.31 bits per heavy atom. The number of aryl methyl sites for hydroxylation is 1. The second-order valence-corrected chi connectivity index (χ2v) is 3.81. The van der Waals surface area contributed by atoms with Gasteiger partial charge in [0.15, 0.2) is 0 Å². The summed E-state index contributed by atoms with van der Waals surface area (Å²) < 4.78 is 3.01. The second kappa shape index (κ2) is 3.03. The zero-order valence-electron chi connectivity index (χ0n) is 7.29. The largest absolute Gasteiger partial charge is 0.397 e. The van der Waals surface area contributed by atoms with Gasteiger partial charge < -0.3 is 10.3 Å². The third-order valence-electron chi connectivity index (χ3n) is 2.05. The van der Waals surface area contributed by atoms with Gasteiger partial charge in [0.1, 0.15) is 0 Å². The number of rotatable bonds is 1. The van der Waals surface area contributed by atoms with Crippen LogP contribution in [0.15, 0.2) is 22.9 Å². The molecular weight excluding hydrogens is 230 g/mol. The van der Waals surface area contributed by atoms with Crippen molar-refractivity contribution in [1.82, 2.24) is 9.55 Å². The van der Waals surface area contributed by atoms with Gasteiger partial charge in [-0.25, -0.2) is 4.98 Å². The number of benzene rings is 1. The molecule has 0 saturated carbocycles. The predicted octanol–water partition coefficient (Wildman–Crippen LogP) is 2.40. The molecule has 0 aliphatic carbocycles. The van der Waals surface area contributed by atoms with Crippen LogP contribution < -0.4 is 5.73 Å². The van der Waals surface area contributed by atoms with Crippen LogP contribution in [0.2, 0.25) is 0 Å². The lowest BCUT2D eigenvalue weighted by molar-refractivity contribution is 0.788. The minimum Gasteiger partial charge on any atom is -0.397 e. The first-order valence-corrected chi connectivity index (χ1v) is 4.91. The van der Waals surface area contributed by atoms with E-state index >= 15 is 0 Å².